The second kappa shape index (κ2) is 11.0. The molecule has 4 atom stereocenters. The Balaban J connectivity index is 1.19. The first kappa shape index (κ1) is 28.4. The highest BCUT2D eigenvalue weighted by molar-refractivity contribution is 9.12. The quantitative estimate of drug-likeness (QED) is 0.265. The summed E-state index contributed by atoms with van der Waals surface area (Å²) in [5.41, 5.74) is 3.41. The molecule has 220 valence electrons. The van der Waals surface area contributed by atoms with E-state index in [4.69, 9.17) is 11.6 Å². The molecule has 0 aromatic heterocycles. The van der Waals surface area contributed by atoms with Crippen LogP contribution in [0.1, 0.15) is 42.7 Å². The van der Waals surface area contributed by atoms with Gasteiger partial charge >= 0.3 is 0 Å². The summed E-state index contributed by atoms with van der Waals surface area (Å²) < 4.78 is 0.185. The molecule has 7 rings (SSSR count). The summed E-state index contributed by atoms with van der Waals surface area (Å²) >= 11 is 9.88. The SMILES string of the molecule is O=C1C=C(Br)C(=O)C2=C1[C@@H](c1ccc(O)cc1Cl)C1=CC[C@@H]3C(=O)N(C4CCN(Cc5ccccc5)CC4)C(=O)[C@@H]3[C@@H]1C2. The van der Waals surface area contributed by atoms with E-state index in [9.17, 15) is 24.3 Å². The molecule has 1 N–H and O–H groups in total. The number of phenols is 1. The number of piperidine rings is 1. The van der Waals surface area contributed by atoms with E-state index in [0.29, 0.717) is 23.1 Å². The first-order valence-electron chi connectivity index (χ1n) is 14.7. The zero-order valence-corrected chi connectivity index (χ0v) is 25.7. The molecule has 0 spiro atoms. The topological polar surface area (TPSA) is 95.0 Å². The zero-order valence-electron chi connectivity index (χ0n) is 23.3. The predicted octanol–water partition coefficient (Wildman–Crippen LogP) is 5.47. The van der Waals surface area contributed by atoms with Crippen molar-refractivity contribution in [3.8, 4) is 5.75 Å². The van der Waals surface area contributed by atoms with Gasteiger partial charge < -0.3 is 5.11 Å². The molecule has 2 aromatic carbocycles. The van der Waals surface area contributed by atoms with Gasteiger partial charge in [0, 0.05) is 53.8 Å². The van der Waals surface area contributed by atoms with Crippen LogP contribution < -0.4 is 0 Å². The van der Waals surface area contributed by atoms with Crippen LogP contribution >= 0.6 is 27.5 Å². The van der Waals surface area contributed by atoms with E-state index in [2.05, 4.69) is 33.0 Å². The van der Waals surface area contributed by atoms with Crippen molar-refractivity contribution >= 4 is 50.9 Å². The summed E-state index contributed by atoms with van der Waals surface area (Å²) in [6.07, 6.45) is 5.34. The van der Waals surface area contributed by atoms with Crippen LogP contribution in [0.4, 0.5) is 0 Å². The minimum Gasteiger partial charge on any atom is -0.508 e. The Labute approximate surface area is 263 Å². The lowest BCUT2D eigenvalue weighted by Gasteiger charge is -2.42. The van der Waals surface area contributed by atoms with E-state index in [1.165, 1.54) is 28.7 Å². The Bertz CT molecular complexity index is 1660. The monoisotopic (exact) mass is 660 g/mol. The van der Waals surface area contributed by atoms with Gasteiger partial charge in [0.1, 0.15) is 5.75 Å². The number of carbonyl (C=O) groups excluding carboxylic acids is 4. The number of aromatic hydroxyl groups is 1. The van der Waals surface area contributed by atoms with Gasteiger partial charge in [0.05, 0.1) is 16.3 Å². The highest BCUT2D eigenvalue weighted by Crippen LogP contribution is 2.56. The van der Waals surface area contributed by atoms with Crippen molar-refractivity contribution in [3.05, 3.63) is 98.0 Å². The number of halogens is 2. The summed E-state index contributed by atoms with van der Waals surface area (Å²) in [5.74, 6) is -3.02. The molecule has 2 heterocycles. The normalized spacial score (nSPS) is 28.0. The van der Waals surface area contributed by atoms with Gasteiger partial charge in [-0.25, -0.2) is 0 Å². The number of carbonyl (C=O) groups is 4. The number of allylic oxidation sites excluding steroid dienone is 6. The van der Waals surface area contributed by atoms with Gasteiger partial charge in [0.25, 0.3) is 0 Å². The number of amides is 2. The summed E-state index contributed by atoms with van der Waals surface area (Å²) in [5, 5.41) is 10.3. The molecule has 9 heteroatoms. The van der Waals surface area contributed by atoms with Gasteiger partial charge in [0.2, 0.25) is 11.8 Å². The molecule has 0 radical (unpaired) electrons. The Morgan fingerprint density at radius 1 is 0.953 bits per heavy atom. The largest absolute Gasteiger partial charge is 0.508 e. The molecule has 43 heavy (non-hydrogen) atoms. The Hall–Kier alpha value is -3.33. The number of rotatable bonds is 4. The highest BCUT2D eigenvalue weighted by Gasteiger charge is 2.57. The zero-order chi connectivity index (χ0) is 30.0. The molecule has 7 nitrogen and oxygen atoms in total. The number of phenolic OH excluding ortho intramolecular Hbond substituents is 1. The Morgan fingerprint density at radius 2 is 1.70 bits per heavy atom. The molecule has 2 saturated heterocycles. The van der Waals surface area contributed by atoms with Gasteiger partial charge in [-0.3, -0.25) is 29.0 Å². The average Bonchev–Trinajstić information content (AvgIpc) is 3.25. The molecule has 3 aliphatic carbocycles. The number of fused-ring (bicyclic) bond motifs is 3. The van der Waals surface area contributed by atoms with E-state index in [0.717, 1.165) is 38.0 Å². The van der Waals surface area contributed by atoms with Crippen molar-refractivity contribution in [2.45, 2.75) is 44.2 Å². The van der Waals surface area contributed by atoms with Crippen molar-refractivity contribution in [1.29, 1.82) is 0 Å². The van der Waals surface area contributed by atoms with Crippen molar-refractivity contribution in [3.63, 3.8) is 0 Å². The van der Waals surface area contributed by atoms with E-state index < -0.39 is 23.7 Å². The smallest absolute Gasteiger partial charge is 0.233 e. The number of imide groups is 1. The summed E-state index contributed by atoms with van der Waals surface area (Å²) in [6.45, 7) is 2.44. The van der Waals surface area contributed by atoms with Gasteiger partial charge in [0.15, 0.2) is 11.6 Å². The molecule has 5 aliphatic rings. The molecular formula is C34H30BrClN2O5. The second-order valence-electron chi connectivity index (χ2n) is 12.1. The summed E-state index contributed by atoms with van der Waals surface area (Å²) in [7, 11) is 0. The van der Waals surface area contributed by atoms with Crippen LogP contribution in [0.5, 0.6) is 5.75 Å². The van der Waals surface area contributed by atoms with Crippen LogP contribution in [0.15, 0.2) is 81.9 Å². The number of ketones is 2. The molecular weight excluding hydrogens is 632 g/mol. The second-order valence-corrected chi connectivity index (χ2v) is 13.4. The van der Waals surface area contributed by atoms with Crippen LogP contribution in [0, 0.1) is 17.8 Å². The van der Waals surface area contributed by atoms with Crippen LogP contribution in [0.3, 0.4) is 0 Å². The summed E-state index contributed by atoms with van der Waals surface area (Å²) in [4.78, 5) is 58.8. The molecule has 2 aromatic rings. The molecule has 2 amide bonds. The van der Waals surface area contributed by atoms with Gasteiger partial charge in [-0.2, -0.15) is 0 Å². The molecule has 2 fully saturated rings. The number of benzene rings is 2. The number of hydrogen-bond donors (Lipinski definition) is 1. The van der Waals surface area contributed by atoms with Crippen LogP contribution in [-0.2, 0) is 25.7 Å². The number of nitrogens with zero attached hydrogens (tertiary/aromatic N) is 2. The third-order valence-corrected chi connectivity index (χ3v) is 10.7. The van der Waals surface area contributed by atoms with Crippen molar-refractivity contribution in [1.82, 2.24) is 9.80 Å². The van der Waals surface area contributed by atoms with Crippen molar-refractivity contribution < 1.29 is 24.3 Å². The number of hydrogen-bond acceptors (Lipinski definition) is 6. The lowest BCUT2D eigenvalue weighted by Crippen LogP contribution is -2.47. The molecule has 0 saturated carbocycles. The van der Waals surface area contributed by atoms with E-state index in [1.54, 1.807) is 6.07 Å². The van der Waals surface area contributed by atoms with Crippen molar-refractivity contribution in [2.24, 2.45) is 17.8 Å². The highest BCUT2D eigenvalue weighted by atomic mass is 79.9. The molecule has 0 unspecified atom stereocenters. The van der Waals surface area contributed by atoms with E-state index in [1.807, 2.05) is 24.3 Å². The number of Topliss-reactive ketones (excluding diaryl/α,β-unsaturated/α-hetero) is 1. The fourth-order valence-electron chi connectivity index (χ4n) is 7.87. The lowest BCUT2D eigenvalue weighted by atomic mass is 9.59. The van der Waals surface area contributed by atoms with E-state index >= 15 is 0 Å². The van der Waals surface area contributed by atoms with Crippen molar-refractivity contribution in [2.75, 3.05) is 13.1 Å². The maximum atomic E-state index is 14.2. The minimum atomic E-state index is -0.644. The summed E-state index contributed by atoms with van der Waals surface area (Å²) in [6, 6.07) is 14.7. The Morgan fingerprint density at radius 3 is 2.42 bits per heavy atom. The predicted molar refractivity (Wildman–Crippen MR) is 164 cm³/mol. The maximum absolute atomic E-state index is 14.2. The first-order chi connectivity index (χ1) is 20.7. The lowest BCUT2D eigenvalue weighted by molar-refractivity contribution is -0.144. The van der Waals surface area contributed by atoms with Crippen LogP contribution in [-0.4, -0.2) is 57.4 Å². The molecule has 0 bridgehead atoms. The van der Waals surface area contributed by atoms with Gasteiger partial charge in [-0.1, -0.05) is 59.6 Å². The fourth-order valence-corrected chi connectivity index (χ4v) is 8.60. The van der Waals surface area contributed by atoms with Gasteiger partial charge in [-0.15, -0.1) is 0 Å². The molecule has 2 aliphatic heterocycles. The van der Waals surface area contributed by atoms with E-state index in [-0.39, 0.29) is 51.1 Å². The third-order valence-electron chi connectivity index (χ3n) is 9.83. The maximum Gasteiger partial charge on any atom is 0.233 e. The minimum absolute atomic E-state index is 0.0105. The fraction of sp³-hybridized carbons (Fsp3) is 0.353. The van der Waals surface area contributed by atoms with Gasteiger partial charge in [-0.05, 0) is 70.8 Å². The first-order valence-corrected chi connectivity index (χ1v) is 15.9. The van der Waals surface area contributed by atoms with Crippen LogP contribution in [0.2, 0.25) is 5.02 Å². The number of likely N-dealkylation sites (tertiary alicyclic amines) is 2. The van der Waals surface area contributed by atoms with Crippen LogP contribution in [0.25, 0.3) is 0 Å². The Kier molecular flexibility index (Phi) is 7.27. The third kappa shape index (κ3) is 4.75. The standard InChI is InChI=1S/C34H30BrClN2O5/c35-26-16-28(40)31-25(32(26)41)15-24-21(29(31)22-7-6-20(39)14-27(22)36)8-9-23-30(24)34(43)38(33(23)42)19-10-12-37(13-11-19)17-18-4-2-1-3-5-18/h1-8,14,16,19,23-24,29-30,39H,9-13,15,17H2/t23-,24+,29+,30-/m0/s1. The average molecular weight is 662 g/mol.